The largest absolute Gasteiger partial charge is 0.389 e. The van der Waals surface area contributed by atoms with Crippen LogP contribution in [-0.2, 0) is 0 Å². The lowest BCUT2D eigenvalue weighted by Crippen LogP contribution is -2.21. The molecule has 1 saturated carbocycles. The van der Waals surface area contributed by atoms with Gasteiger partial charge in [-0.25, -0.2) is 4.98 Å². The van der Waals surface area contributed by atoms with Gasteiger partial charge >= 0.3 is 0 Å². The molecule has 1 aromatic rings. The van der Waals surface area contributed by atoms with E-state index >= 15 is 0 Å². The van der Waals surface area contributed by atoms with Crippen LogP contribution < -0.4 is 11.1 Å². The van der Waals surface area contributed by atoms with Crippen LogP contribution in [0, 0.1) is 18.8 Å². The lowest BCUT2D eigenvalue weighted by atomic mass is 9.82. The van der Waals surface area contributed by atoms with Crippen molar-refractivity contribution in [2.75, 3.05) is 11.9 Å². The van der Waals surface area contributed by atoms with Crippen molar-refractivity contribution < 1.29 is 0 Å². The second-order valence-electron chi connectivity index (χ2n) is 5.77. The predicted octanol–water partition coefficient (Wildman–Crippen LogP) is 3.26. The Balaban J connectivity index is 1.97. The highest BCUT2D eigenvalue weighted by Gasteiger charge is 2.18. The van der Waals surface area contributed by atoms with Crippen LogP contribution >= 0.6 is 12.2 Å². The Morgan fingerprint density at radius 3 is 2.95 bits per heavy atom. The van der Waals surface area contributed by atoms with Gasteiger partial charge in [0.25, 0.3) is 0 Å². The van der Waals surface area contributed by atoms with Crippen LogP contribution in [0.2, 0.25) is 0 Å². The Labute approximate surface area is 121 Å². The van der Waals surface area contributed by atoms with Crippen molar-refractivity contribution in [3.05, 3.63) is 23.4 Å². The minimum absolute atomic E-state index is 0.430. The maximum absolute atomic E-state index is 5.68. The van der Waals surface area contributed by atoms with Crippen LogP contribution in [-0.4, -0.2) is 16.5 Å². The first kappa shape index (κ1) is 14.3. The molecule has 0 aromatic carbocycles. The van der Waals surface area contributed by atoms with E-state index < -0.39 is 0 Å². The molecule has 3 N–H and O–H groups in total. The zero-order chi connectivity index (χ0) is 13.8. The Hall–Kier alpha value is -1.16. The van der Waals surface area contributed by atoms with Gasteiger partial charge in [-0.2, -0.15) is 0 Å². The summed E-state index contributed by atoms with van der Waals surface area (Å²) in [5.41, 5.74) is 7.52. The smallest absolute Gasteiger partial charge is 0.126 e. The minimum Gasteiger partial charge on any atom is -0.389 e. The zero-order valence-electron chi connectivity index (χ0n) is 11.8. The normalized spacial score (nSPS) is 23.1. The number of anilines is 1. The molecule has 4 heteroatoms. The van der Waals surface area contributed by atoms with Crippen LogP contribution in [0.15, 0.2) is 12.1 Å². The summed E-state index contributed by atoms with van der Waals surface area (Å²) in [4.78, 5) is 4.92. The third-order valence-corrected chi connectivity index (χ3v) is 4.09. The molecule has 1 aliphatic carbocycles. The van der Waals surface area contributed by atoms with E-state index in [1.807, 2.05) is 19.1 Å². The zero-order valence-corrected chi connectivity index (χ0v) is 12.6. The molecule has 1 fully saturated rings. The van der Waals surface area contributed by atoms with E-state index in [1.54, 1.807) is 0 Å². The monoisotopic (exact) mass is 277 g/mol. The Kier molecular flexibility index (Phi) is 4.75. The number of hydrogen-bond acceptors (Lipinski definition) is 3. The summed E-state index contributed by atoms with van der Waals surface area (Å²) in [6.07, 6.45) is 5.38. The van der Waals surface area contributed by atoms with Gasteiger partial charge in [-0.05, 0) is 43.7 Å². The van der Waals surface area contributed by atoms with Gasteiger partial charge in [0.15, 0.2) is 0 Å². The Morgan fingerprint density at radius 1 is 1.47 bits per heavy atom. The fourth-order valence-corrected chi connectivity index (χ4v) is 3.01. The average Bonchev–Trinajstić information content (AvgIpc) is 2.36. The molecule has 0 spiro atoms. The summed E-state index contributed by atoms with van der Waals surface area (Å²) >= 11 is 5.03. The van der Waals surface area contributed by atoms with Gasteiger partial charge in [0, 0.05) is 17.8 Å². The SMILES string of the molecule is Cc1cc(C(N)=S)cc(NCC2CCCC(C)C2)n1. The van der Waals surface area contributed by atoms with Crippen LogP contribution in [0.3, 0.4) is 0 Å². The van der Waals surface area contributed by atoms with Crippen molar-refractivity contribution >= 4 is 23.0 Å². The van der Waals surface area contributed by atoms with Gasteiger partial charge in [0.05, 0.1) is 0 Å². The number of nitrogens with zero attached hydrogens (tertiary/aromatic N) is 1. The number of aromatic nitrogens is 1. The van der Waals surface area contributed by atoms with Crippen molar-refractivity contribution in [1.82, 2.24) is 4.98 Å². The summed E-state index contributed by atoms with van der Waals surface area (Å²) < 4.78 is 0. The fourth-order valence-electron chi connectivity index (χ4n) is 2.90. The second-order valence-corrected chi connectivity index (χ2v) is 6.21. The molecular formula is C15H23N3S. The third-order valence-electron chi connectivity index (χ3n) is 3.85. The molecule has 0 aliphatic heterocycles. The molecule has 104 valence electrons. The van der Waals surface area contributed by atoms with Crippen molar-refractivity contribution in [2.24, 2.45) is 17.6 Å². The first-order valence-electron chi connectivity index (χ1n) is 7.07. The van der Waals surface area contributed by atoms with Crippen molar-refractivity contribution in [3.8, 4) is 0 Å². The van der Waals surface area contributed by atoms with E-state index in [4.69, 9.17) is 18.0 Å². The van der Waals surface area contributed by atoms with Crippen molar-refractivity contribution in [2.45, 2.75) is 39.5 Å². The lowest BCUT2D eigenvalue weighted by molar-refractivity contribution is 0.293. The number of rotatable bonds is 4. The molecule has 3 nitrogen and oxygen atoms in total. The van der Waals surface area contributed by atoms with Crippen LogP contribution in [0.25, 0.3) is 0 Å². The Bertz CT molecular complexity index is 459. The summed E-state index contributed by atoms with van der Waals surface area (Å²) in [6.45, 7) is 5.31. The highest BCUT2D eigenvalue weighted by molar-refractivity contribution is 7.80. The van der Waals surface area contributed by atoms with Crippen molar-refractivity contribution in [1.29, 1.82) is 0 Å². The topological polar surface area (TPSA) is 50.9 Å². The molecule has 1 aromatic heterocycles. The summed E-state index contributed by atoms with van der Waals surface area (Å²) in [5, 5.41) is 3.44. The number of thiocarbonyl (C=S) groups is 1. The molecule has 2 atom stereocenters. The maximum Gasteiger partial charge on any atom is 0.126 e. The Morgan fingerprint density at radius 2 is 2.26 bits per heavy atom. The van der Waals surface area contributed by atoms with Crippen molar-refractivity contribution in [3.63, 3.8) is 0 Å². The summed E-state index contributed by atoms with van der Waals surface area (Å²) in [6, 6.07) is 3.87. The molecule has 19 heavy (non-hydrogen) atoms. The maximum atomic E-state index is 5.68. The molecule has 2 unspecified atom stereocenters. The number of nitrogens with two attached hydrogens (primary N) is 1. The van der Waals surface area contributed by atoms with E-state index in [9.17, 15) is 0 Å². The van der Waals surface area contributed by atoms with Gasteiger partial charge in [-0.3, -0.25) is 0 Å². The van der Waals surface area contributed by atoms with Crippen LogP contribution in [0.4, 0.5) is 5.82 Å². The van der Waals surface area contributed by atoms with E-state index in [-0.39, 0.29) is 0 Å². The van der Waals surface area contributed by atoms with Crippen LogP contribution in [0.1, 0.15) is 43.9 Å². The highest BCUT2D eigenvalue weighted by Crippen LogP contribution is 2.28. The summed E-state index contributed by atoms with van der Waals surface area (Å²) in [5.74, 6) is 2.51. The van der Waals surface area contributed by atoms with E-state index in [2.05, 4.69) is 17.2 Å². The van der Waals surface area contributed by atoms with Gasteiger partial charge in [0.1, 0.15) is 10.8 Å². The average molecular weight is 277 g/mol. The van der Waals surface area contributed by atoms with E-state index in [0.29, 0.717) is 4.99 Å². The highest BCUT2D eigenvalue weighted by atomic mass is 32.1. The molecule has 1 heterocycles. The van der Waals surface area contributed by atoms with Gasteiger partial charge in [-0.15, -0.1) is 0 Å². The molecule has 0 amide bonds. The molecule has 1 aliphatic rings. The van der Waals surface area contributed by atoms with Crippen LogP contribution in [0.5, 0.6) is 0 Å². The molecule has 0 saturated heterocycles. The minimum atomic E-state index is 0.430. The number of pyridine rings is 1. The molecule has 2 rings (SSSR count). The predicted molar refractivity (Wildman–Crippen MR) is 84.5 cm³/mol. The van der Waals surface area contributed by atoms with E-state index in [0.717, 1.165) is 35.5 Å². The van der Waals surface area contributed by atoms with Gasteiger partial charge < -0.3 is 11.1 Å². The second kappa shape index (κ2) is 6.33. The third kappa shape index (κ3) is 4.16. The standard InChI is InChI=1S/C15H23N3S/c1-10-4-3-5-12(6-10)9-17-14-8-13(15(16)19)7-11(2)18-14/h7-8,10,12H,3-6,9H2,1-2H3,(H2,16,19)(H,17,18). The first-order chi connectivity index (χ1) is 9.04. The van der Waals surface area contributed by atoms with Gasteiger partial charge in [0.2, 0.25) is 0 Å². The quantitative estimate of drug-likeness (QED) is 0.829. The number of nitrogens with one attached hydrogen (secondary N) is 1. The number of aryl methyl sites for hydroxylation is 1. The fraction of sp³-hybridized carbons (Fsp3) is 0.600. The number of hydrogen-bond donors (Lipinski definition) is 2. The molecule has 0 radical (unpaired) electrons. The summed E-state index contributed by atoms with van der Waals surface area (Å²) in [7, 11) is 0. The molecule has 0 bridgehead atoms. The van der Waals surface area contributed by atoms with E-state index in [1.165, 1.54) is 25.7 Å². The first-order valence-corrected chi connectivity index (χ1v) is 7.48. The van der Waals surface area contributed by atoms with Gasteiger partial charge in [-0.1, -0.05) is 32.0 Å². The molecular weight excluding hydrogens is 254 g/mol. The lowest BCUT2D eigenvalue weighted by Gasteiger charge is -2.27.